The molecule has 0 aliphatic rings. The Hall–Kier alpha value is -1.13. The van der Waals surface area contributed by atoms with Gasteiger partial charge in [-0.3, -0.25) is 0 Å². The van der Waals surface area contributed by atoms with E-state index in [-0.39, 0.29) is 0 Å². The molecule has 0 fully saturated rings. The zero-order chi connectivity index (χ0) is 9.72. The molecule has 0 bridgehead atoms. The second-order valence-electron chi connectivity index (χ2n) is 2.37. The fourth-order valence-electron chi connectivity index (χ4n) is 0.492. The van der Waals surface area contributed by atoms with Crippen LogP contribution in [0.4, 0.5) is 4.39 Å². The first-order valence-electron chi connectivity index (χ1n) is 3.41. The largest absolute Gasteiger partial charge is 0.466 e. The Morgan fingerprint density at radius 2 is 1.75 bits per heavy atom. The average Bonchev–Trinajstić information content (AvgIpc) is 2.00. The van der Waals surface area contributed by atoms with Crippen LogP contribution in [0.25, 0.3) is 0 Å². The third-order valence-electron chi connectivity index (χ3n) is 0.967. The van der Waals surface area contributed by atoms with Crippen LogP contribution < -0.4 is 0 Å². The van der Waals surface area contributed by atoms with Crippen molar-refractivity contribution >= 4 is 11.9 Å². The normalized spacial score (nSPS) is 12.4. The molecule has 0 aliphatic heterocycles. The molecule has 0 saturated carbocycles. The van der Waals surface area contributed by atoms with Gasteiger partial charge in [0.15, 0.2) is 0 Å². The number of methoxy groups -OCH3 is 1. The molecule has 0 aromatic carbocycles. The van der Waals surface area contributed by atoms with Gasteiger partial charge in [0, 0.05) is 0 Å². The quantitative estimate of drug-likeness (QED) is 0.465. The van der Waals surface area contributed by atoms with Crippen molar-refractivity contribution in [2.24, 2.45) is 0 Å². The molecule has 0 saturated heterocycles. The Bertz CT molecular complexity index is 178. The summed E-state index contributed by atoms with van der Waals surface area (Å²) >= 11 is 0. The molecular formula is C7H11FO4. The molecule has 0 radical (unpaired) electrons. The van der Waals surface area contributed by atoms with Crippen molar-refractivity contribution < 1.29 is 23.5 Å². The van der Waals surface area contributed by atoms with Crippen molar-refractivity contribution in [2.75, 3.05) is 7.11 Å². The number of rotatable bonds is 3. The van der Waals surface area contributed by atoms with Crippen molar-refractivity contribution in [2.45, 2.75) is 26.1 Å². The van der Waals surface area contributed by atoms with E-state index < -0.39 is 24.2 Å². The maximum atomic E-state index is 12.6. The van der Waals surface area contributed by atoms with E-state index in [0.29, 0.717) is 0 Å². The highest BCUT2D eigenvalue weighted by atomic mass is 19.1. The molecule has 0 amide bonds. The van der Waals surface area contributed by atoms with Gasteiger partial charge in [0.05, 0.1) is 13.2 Å². The smallest absolute Gasteiger partial charge is 0.352 e. The SMILES string of the molecule is COC(=O)C(F)C(=O)OC(C)C. The molecule has 70 valence electrons. The lowest BCUT2D eigenvalue weighted by molar-refractivity contribution is -0.164. The van der Waals surface area contributed by atoms with Crippen molar-refractivity contribution in [3.63, 3.8) is 0 Å². The van der Waals surface area contributed by atoms with E-state index in [1.807, 2.05) is 0 Å². The average molecular weight is 178 g/mol. The lowest BCUT2D eigenvalue weighted by atomic mass is 10.4. The zero-order valence-electron chi connectivity index (χ0n) is 7.17. The first kappa shape index (κ1) is 10.9. The van der Waals surface area contributed by atoms with Crippen LogP contribution in [0.2, 0.25) is 0 Å². The summed E-state index contributed by atoms with van der Waals surface area (Å²) in [5.74, 6) is -2.45. The Morgan fingerprint density at radius 3 is 2.08 bits per heavy atom. The summed E-state index contributed by atoms with van der Waals surface area (Å²) in [7, 11) is 0.998. The third-order valence-corrected chi connectivity index (χ3v) is 0.967. The maximum absolute atomic E-state index is 12.6. The molecule has 0 aromatic heterocycles. The first-order chi connectivity index (χ1) is 5.49. The van der Waals surface area contributed by atoms with Crippen LogP contribution in [0.1, 0.15) is 13.8 Å². The Balaban J connectivity index is 4.01. The topological polar surface area (TPSA) is 52.6 Å². The van der Waals surface area contributed by atoms with Gasteiger partial charge >= 0.3 is 11.9 Å². The Morgan fingerprint density at radius 1 is 1.25 bits per heavy atom. The maximum Gasteiger partial charge on any atom is 0.352 e. The molecule has 0 spiro atoms. The monoisotopic (exact) mass is 178 g/mol. The van der Waals surface area contributed by atoms with Gasteiger partial charge < -0.3 is 9.47 Å². The van der Waals surface area contributed by atoms with Gasteiger partial charge in [-0.05, 0) is 13.8 Å². The highest BCUT2D eigenvalue weighted by Gasteiger charge is 2.29. The predicted molar refractivity (Wildman–Crippen MR) is 38.1 cm³/mol. The summed E-state index contributed by atoms with van der Waals surface area (Å²) in [5, 5.41) is 0. The molecule has 4 nitrogen and oxygen atoms in total. The molecule has 1 atom stereocenters. The summed E-state index contributed by atoms with van der Waals surface area (Å²) in [5.41, 5.74) is 0. The standard InChI is InChI=1S/C7H11FO4/c1-4(2)12-7(10)5(8)6(9)11-3/h4-5H,1-3H3. The number of hydrogen-bond donors (Lipinski definition) is 0. The van der Waals surface area contributed by atoms with Crippen LogP contribution in [0.15, 0.2) is 0 Å². The number of ether oxygens (including phenoxy) is 2. The van der Waals surface area contributed by atoms with E-state index in [1.165, 1.54) is 0 Å². The van der Waals surface area contributed by atoms with Crippen molar-refractivity contribution in [1.29, 1.82) is 0 Å². The van der Waals surface area contributed by atoms with Gasteiger partial charge in [0.1, 0.15) is 0 Å². The third kappa shape index (κ3) is 3.32. The molecular weight excluding hydrogens is 167 g/mol. The van der Waals surface area contributed by atoms with Crippen LogP contribution in [0.3, 0.4) is 0 Å². The second-order valence-corrected chi connectivity index (χ2v) is 2.37. The van der Waals surface area contributed by atoms with E-state index in [9.17, 15) is 14.0 Å². The number of carbonyl (C=O) groups is 2. The summed E-state index contributed by atoms with van der Waals surface area (Å²) in [6, 6.07) is 0. The first-order valence-corrected chi connectivity index (χ1v) is 3.41. The summed E-state index contributed by atoms with van der Waals surface area (Å²) in [6.45, 7) is 3.11. The van der Waals surface area contributed by atoms with E-state index in [4.69, 9.17) is 0 Å². The summed E-state index contributed by atoms with van der Waals surface area (Å²) in [6.07, 6.45) is -2.78. The highest BCUT2D eigenvalue weighted by Crippen LogP contribution is 2.00. The fourth-order valence-corrected chi connectivity index (χ4v) is 0.492. The summed E-state index contributed by atoms with van der Waals surface area (Å²) < 4.78 is 21.0. The molecule has 0 aromatic rings. The summed E-state index contributed by atoms with van der Waals surface area (Å²) in [4.78, 5) is 21.1. The number of esters is 2. The molecule has 5 heteroatoms. The fraction of sp³-hybridized carbons (Fsp3) is 0.714. The van der Waals surface area contributed by atoms with E-state index in [0.717, 1.165) is 7.11 Å². The zero-order valence-corrected chi connectivity index (χ0v) is 7.17. The van der Waals surface area contributed by atoms with Crippen LogP contribution in [-0.2, 0) is 19.1 Å². The minimum atomic E-state index is -2.34. The van der Waals surface area contributed by atoms with Gasteiger partial charge in [0.25, 0.3) is 6.17 Å². The van der Waals surface area contributed by atoms with Crippen molar-refractivity contribution in [1.82, 2.24) is 0 Å². The van der Waals surface area contributed by atoms with Crippen LogP contribution >= 0.6 is 0 Å². The lowest BCUT2D eigenvalue weighted by Gasteiger charge is -2.09. The van der Waals surface area contributed by atoms with Gasteiger partial charge in [-0.25, -0.2) is 14.0 Å². The molecule has 0 rings (SSSR count). The van der Waals surface area contributed by atoms with Gasteiger partial charge in [-0.15, -0.1) is 0 Å². The Labute approximate surface area is 69.6 Å². The van der Waals surface area contributed by atoms with Crippen LogP contribution in [0, 0.1) is 0 Å². The number of hydrogen-bond acceptors (Lipinski definition) is 4. The molecule has 1 unspecified atom stereocenters. The van der Waals surface area contributed by atoms with Crippen LogP contribution in [0.5, 0.6) is 0 Å². The van der Waals surface area contributed by atoms with Crippen LogP contribution in [-0.4, -0.2) is 31.3 Å². The van der Waals surface area contributed by atoms with E-state index in [1.54, 1.807) is 13.8 Å². The van der Waals surface area contributed by atoms with Crippen molar-refractivity contribution in [3.8, 4) is 0 Å². The minimum absolute atomic E-state index is 0.444. The minimum Gasteiger partial charge on any atom is -0.466 e. The van der Waals surface area contributed by atoms with E-state index >= 15 is 0 Å². The van der Waals surface area contributed by atoms with E-state index in [2.05, 4.69) is 9.47 Å². The molecule has 0 heterocycles. The number of carbonyl (C=O) groups excluding carboxylic acids is 2. The highest BCUT2D eigenvalue weighted by molar-refractivity contribution is 5.97. The van der Waals surface area contributed by atoms with Crippen molar-refractivity contribution in [3.05, 3.63) is 0 Å². The lowest BCUT2D eigenvalue weighted by Crippen LogP contribution is -2.30. The predicted octanol–water partition coefficient (Wildman–Crippen LogP) is 0.449. The van der Waals surface area contributed by atoms with Gasteiger partial charge in [-0.1, -0.05) is 0 Å². The second kappa shape index (κ2) is 4.69. The molecule has 12 heavy (non-hydrogen) atoms. The van der Waals surface area contributed by atoms with Gasteiger partial charge in [0.2, 0.25) is 0 Å². The molecule has 0 aliphatic carbocycles. The molecule has 0 N–H and O–H groups in total. The van der Waals surface area contributed by atoms with Gasteiger partial charge in [-0.2, -0.15) is 0 Å². The number of alkyl halides is 1. The number of halogens is 1. The Kier molecular flexibility index (Phi) is 4.25.